The maximum atomic E-state index is 10.6. The summed E-state index contributed by atoms with van der Waals surface area (Å²) in [5.74, 6) is -1.14. The molecule has 0 aromatic heterocycles. The average Bonchev–Trinajstić information content (AvgIpc) is 2.20. The lowest BCUT2D eigenvalue weighted by molar-refractivity contribution is -0.137. The Morgan fingerprint density at radius 1 is 1.50 bits per heavy atom. The van der Waals surface area contributed by atoms with Crippen molar-refractivity contribution >= 4 is 17.6 Å². The Morgan fingerprint density at radius 2 is 2.12 bits per heavy atom. The van der Waals surface area contributed by atoms with Gasteiger partial charge < -0.3 is 10.2 Å². The van der Waals surface area contributed by atoms with Crippen LogP contribution in [0.3, 0.4) is 0 Å². The quantitative estimate of drug-likeness (QED) is 0.853. The van der Waals surface area contributed by atoms with Crippen LogP contribution in [0.5, 0.6) is 5.75 Å². The normalized spacial score (nSPS) is 12.4. The number of aromatic hydroxyl groups is 1. The molecule has 0 bridgehead atoms. The molecule has 0 spiro atoms. The number of rotatable bonds is 4. The molecule has 0 aliphatic rings. The highest BCUT2D eigenvalue weighted by Gasteiger charge is 2.16. The van der Waals surface area contributed by atoms with Crippen LogP contribution in [-0.2, 0) is 11.2 Å². The van der Waals surface area contributed by atoms with Gasteiger partial charge in [0.15, 0.2) is 0 Å². The number of aryl methyl sites for hydroxylation is 1. The smallest absolute Gasteiger partial charge is 0.303 e. The van der Waals surface area contributed by atoms with Gasteiger partial charge in [0.2, 0.25) is 0 Å². The third-order valence-corrected chi connectivity index (χ3v) is 2.86. The fraction of sp³-hybridized carbons (Fsp3) is 0.417. The summed E-state index contributed by atoms with van der Waals surface area (Å²) in [6, 6.07) is 3.52. The van der Waals surface area contributed by atoms with Gasteiger partial charge in [0.25, 0.3) is 0 Å². The second kappa shape index (κ2) is 5.21. The van der Waals surface area contributed by atoms with Crippen LogP contribution in [-0.4, -0.2) is 16.2 Å². The highest BCUT2D eigenvalue weighted by Crippen LogP contribution is 2.35. The van der Waals surface area contributed by atoms with Crippen LogP contribution in [0.15, 0.2) is 12.1 Å². The molecule has 3 nitrogen and oxygen atoms in total. The highest BCUT2D eigenvalue weighted by molar-refractivity contribution is 6.32. The predicted octanol–water partition coefficient (Wildman–Crippen LogP) is 3.19. The third-order valence-electron chi connectivity index (χ3n) is 2.57. The minimum atomic E-state index is -0.884. The predicted molar refractivity (Wildman–Crippen MR) is 63.2 cm³/mol. The molecule has 0 amide bonds. The molecule has 0 fully saturated rings. The Labute approximate surface area is 99.7 Å². The Balaban J connectivity index is 3.10. The van der Waals surface area contributed by atoms with E-state index < -0.39 is 5.97 Å². The Hall–Kier alpha value is -1.22. The van der Waals surface area contributed by atoms with Gasteiger partial charge in [-0.2, -0.15) is 0 Å². The van der Waals surface area contributed by atoms with Crippen LogP contribution < -0.4 is 0 Å². The van der Waals surface area contributed by atoms with E-state index in [2.05, 4.69) is 0 Å². The maximum Gasteiger partial charge on any atom is 0.303 e. The number of carbonyl (C=O) groups is 1. The molecule has 4 heteroatoms. The van der Waals surface area contributed by atoms with Gasteiger partial charge in [-0.25, -0.2) is 0 Å². The largest absolute Gasteiger partial charge is 0.506 e. The summed E-state index contributed by atoms with van der Waals surface area (Å²) in [5.41, 5.74) is 1.60. The Bertz CT molecular complexity index is 401. The molecule has 1 aromatic rings. The minimum absolute atomic E-state index is 0.00684. The van der Waals surface area contributed by atoms with Gasteiger partial charge in [0, 0.05) is 0 Å². The number of phenols is 1. The maximum absolute atomic E-state index is 10.6. The van der Waals surface area contributed by atoms with E-state index in [1.54, 1.807) is 13.0 Å². The fourth-order valence-corrected chi connectivity index (χ4v) is 1.88. The summed E-state index contributed by atoms with van der Waals surface area (Å²) >= 11 is 5.88. The molecule has 88 valence electrons. The van der Waals surface area contributed by atoms with Crippen molar-refractivity contribution in [3.63, 3.8) is 0 Å². The number of carboxylic acids is 1. The van der Waals surface area contributed by atoms with Crippen molar-refractivity contribution < 1.29 is 15.0 Å². The van der Waals surface area contributed by atoms with Crippen LogP contribution in [0.25, 0.3) is 0 Å². The number of hydrogen-bond donors (Lipinski definition) is 2. The summed E-state index contributed by atoms with van der Waals surface area (Å²) < 4.78 is 0. The van der Waals surface area contributed by atoms with Crippen molar-refractivity contribution in [1.82, 2.24) is 0 Å². The molecule has 0 aliphatic carbocycles. The molecule has 0 aliphatic heterocycles. The number of benzene rings is 1. The zero-order valence-electron chi connectivity index (χ0n) is 9.33. The molecule has 2 N–H and O–H groups in total. The molecule has 0 saturated heterocycles. The number of carboxylic acid groups (broad SMARTS) is 1. The van der Waals surface area contributed by atoms with Crippen molar-refractivity contribution in [1.29, 1.82) is 0 Å². The van der Waals surface area contributed by atoms with Gasteiger partial charge in [-0.15, -0.1) is 0 Å². The van der Waals surface area contributed by atoms with Crippen LogP contribution in [0.1, 0.15) is 37.3 Å². The second-order valence-electron chi connectivity index (χ2n) is 3.87. The second-order valence-corrected chi connectivity index (χ2v) is 4.28. The van der Waals surface area contributed by atoms with Gasteiger partial charge in [-0.1, -0.05) is 31.5 Å². The molecule has 0 heterocycles. The van der Waals surface area contributed by atoms with Crippen molar-refractivity contribution in [3.05, 3.63) is 28.3 Å². The summed E-state index contributed by atoms with van der Waals surface area (Å²) in [5, 5.41) is 18.8. The standard InChI is InChI=1S/C12H15ClO3/c1-3-8-5-9(7(2)4-11(14)15)12(16)10(13)6-8/h5-7,16H,3-4H2,1-2H3,(H,14,15). The fourth-order valence-electron chi connectivity index (χ4n) is 1.63. The van der Waals surface area contributed by atoms with E-state index in [9.17, 15) is 9.90 Å². The molecule has 16 heavy (non-hydrogen) atoms. The molecule has 0 saturated carbocycles. The Kier molecular flexibility index (Phi) is 4.19. The lowest BCUT2D eigenvalue weighted by atomic mass is 9.94. The van der Waals surface area contributed by atoms with Gasteiger partial charge in [0.05, 0.1) is 11.4 Å². The highest BCUT2D eigenvalue weighted by atomic mass is 35.5. The van der Waals surface area contributed by atoms with Crippen LogP contribution in [0, 0.1) is 0 Å². The van der Waals surface area contributed by atoms with Gasteiger partial charge in [-0.3, -0.25) is 4.79 Å². The van der Waals surface area contributed by atoms with E-state index in [1.807, 2.05) is 13.0 Å². The molecule has 1 unspecified atom stereocenters. The molecule has 1 rings (SSSR count). The minimum Gasteiger partial charge on any atom is -0.506 e. The van der Waals surface area contributed by atoms with E-state index >= 15 is 0 Å². The van der Waals surface area contributed by atoms with E-state index in [0.29, 0.717) is 5.56 Å². The zero-order chi connectivity index (χ0) is 12.3. The summed E-state index contributed by atoms with van der Waals surface area (Å²) in [7, 11) is 0. The van der Waals surface area contributed by atoms with Gasteiger partial charge in [-0.05, 0) is 29.5 Å². The molecule has 0 radical (unpaired) electrons. The van der Waals surface area contributed by atoms with Crippen molar-refractivity contribution in [2.75, 3.05) is 0 Å². The van der Waals surface area contributed by atoms with E-state index in [-0.39, 0.29) is 23.1 Å². The van der Waals surface area contributed by atoms with Crippen molar-refractivity contribution in [2.24, 2.45) is 0 Å². The van der Waals surface area contributed by atoms with Crippen molar-refractivity contribution in [2.45, 2.75) is 32.6 Å². The summed E-state index contributed by atoms with van der Waals surface area (Å²) in [6.07, 6.45) is 0.782. The lowest BCUT2D eigenvalue weighted by Gasteiger charge is -2.14. The van der Waals surface area contributed by atoms with E-state index in [1.165, 1.54) is 0 Å². The zero-order valence-corrected chi connectivity index (χ0v) is 10.1. The summed E-state index contributed by atoms with van der Waals surface area (Å²) in [6.45, 7) is 3.74. The van der Waals surface area contributed by atoms with Crippen LogP contribution in [0.2, 0.25) is 5.02 Å². The first kappa shape index (κ1) is 12.8. The van der Waals surface area contributed by atoms with Gasteiger partial charge >= 0.3 is 5.97 Å². The molecular formula is C12H15ClO3. The molecule has 1 atom stereocenters. The van der Waals surface area contributed by atoms with Crippen molar-refractivity contribution in [3.8, 4) is 5.75 Å². The molecule has 1 aromatic carbocycles. The number of hydrogen-bond acceptors (Lipinski definition) is 2. The first-order chi connectivity index (χ1) is 7.45. The first-order valence-corrected chi connectivity index (χ1v) is 5.56. The number of halogens is 1. The molecular weight excluding hydrogens is 228 g/mol. The third kappa shape index (κ3) is 2.89. The number of phenolic OH excluding ortho intramolecular Hbond substituents is 1. The van der Waals surface area contributed by atoms with E-state index in [0.717, 1.165) is 12.0 Å². The lowest BCUT2D eigenvalue weighted by Crippen LogP contribution is -2.04. The monoisotopic (exact) mass is 242 g/mol. The topological polar surface area (TPSA) is 57.5 Å². The first-order valence-electron chi connectivity index (χ1n) is 5.18. The SMILES string of the molecule is CCc1cc(Cl)c(O)c(C(C)CC(=O)O)c1. The number of aliphatic carboxylic acids is 1. The van der Waals surface area contributed by atoms with Crippen LogP contribution in [0.4, 0.5) is 0 Å². The van der Waals surface area contributed by atoms with E-state index in [4.69, 9.17) is 16.7 Å². The summed E-state index contributed by atoms with van der Waals surface area (Å²) in [4.78, 5) is 10.6. The Morgan fingerprint density at radius 3 is 2.62 bits per heavy atom. The average molecular weight is 243 g/mol. The van der Waals surface area contributed by atoms with Gasteiger partial charge in [0.1, 0.15) is 5.75 Å². The van der Waals surface area contributed by atoms with Crippen LogP contribution >= 0.6 is 11.6 Å².